The van der Waals surface area contributed by atoms with Gasteiger partial charge in [0.1, 0.15) is 6.04 Å². The number of piperidine rings is 1. The van der Waals surface area contributed by atoms with Crippen LogP contribution in [0.3, 0.4) is 0 Å². The SMILES string of the molecule is Cc1cc(CC(N)C(=O)NC(CC2CCNCC2)C(=O)N2CCN(c3ccncc3)CC2)cc2cn[nH]c12. The largest absolute Gasteiger partial charge is 0.368 e. The molecule has 2 atom stereocenters. The van der Waals surface area contributed by atoms with Crippen LogP contribution in [-0.2, 0) is 16.0 Å². The Morgan fingerprint density at radius 1 is 1.13 bits per heavy atom. The van der Waals surface area contributed by atoms with E-state index in [9.17, 15) is 9.59 Å². The van der Waals surface area contributed by atoms with Gasteiger partial charge in [-0.1, -0.05) is 6.07 Å². The summed E-state index contributed by atoms with van der Waals surface area (Å²) in [5, 5.41) is 14.5. The lowest BCUT2D eigenvalue weighted by Crippen LogP contribution is -2.57. The number of benzene rings is 1. The first-order valence-corrected chi connectivity index (χ1v) is 13.6. The fraction of sp³-hybridized carbons (Fsp3) is 0.500. The van der Waals surface area contributed by atoms with E-state index in [1.807, 2.05) is 36.1 Å². The Bertz CT molecular complexity index is 1230. The van der Waals surface area contributed by atoms with Gasteiger partial charge in [0, 0.05) is 49.6 Å². The van der Waals surface area contributed by atoms with Crippen LogP contribution in [-0.4, -0.2) is 83.2 Å². The molecule has 10 nitrogen and oxygen atoms in total. The molecule has 38 heavy (non-hydrogen) atoms. The summed E-state index contributed by atoms with van der Waals surface area (Å²) in [6.07, 6.45) is 8.40. The quantitative estimate of drug-likeness (QED) is 0.354. The molecule has 0 bridgehead atoms. The van der Waals surface area contributed by atoms with Crippen LogP contribution in [0.2, 0.25) is 0 Å². The second kappa shape index (κ2) is 11.9. The highest BCUT2D eigenvalue weighted by Crippen LogP contribution is 2.22. The third kappa shape index (κ3) is 6.14. The molecule has 2 fully saturated rings. The van der Waals surface area contributed by atoms with Gasteiger partial charge in [0.2, 0.25) is 11.8 Å². The van der Waals surface area contributed by atoms with Crippen LogP contribution in [0.5, 0.6) is 0 Å². The number of nitrogens with two attached hydrogens (primary N) is 1. The molecule has 5 rings (SSSR count). The highest BCUT2D eigenvalue weighted by molar-refractivity contribution is 5.90. The van der Waals surface area contributed by atoms with Gasteiger partial charge < -0.3 is 26.2 Å². The van der Waals surface area contributed by atoms with Crippen LogP contribution in [0.1, 0.15) is 30.4 Å². The summed E-state index contributed by atoms with van der Waals surface area (Å²) in [5.41, 5.74) is 10.5. The smallest absolute Gasteiger partial charge is 0.245 e. The summed E-state index contributed by atoms with van der Waals surface area (Å²) < 4.78 is 0. The van der Waals surface area contributed by atoms with Gasteiger partial charge in [-0.2, -0.15) is 5.10 Å². The minimum atomic E-state index is -0.745. The number of carbonyl (C=O) groups excluding carboxylic acids is 2. The van der Waals surface area contributed by atoms with E-state index in [1.165, 1.54) is 0 Å². The standard InChI is InChI=1S/C28H38N8O2/c1-19-14-21(15-22-18-32-34-26(19)22)16-24(29)27(37)33-25(17-20-2-6-30-7-3-20)28(38)36-12-10-35(11-13-36)23-4-8-31-9-5-23/h4-5,8-9,14-15,18,20,24-25,30H,2-3,6-7,10-13,16-17,29H2,1H3,(H,32,34)(H,33,37). The van der Waals surface area contributed by atoms with Gasteiger partial charge in [-0.3, -0.25) is 19.7 Å². The van der Waals surface area contributed by atoms with Gasteiger partial charge in [-0.15, -0.1) is 0 Å². The van der Waals surface area contributed by atoms with Crippen molar-refractivity contribution in [2.45, 2.75) is 44.7 Å². The predicted octanol–water partition coefficient (Wildman–Crippen LogP) is 1.36. The molecule has 2 unspecified atom stereocenters. The number of aryl methyl sites for hydroxylation is 1. The summed E-state index contributed by atoms with van der Waals surface area (Å²) >= 11 is 0. The van der Waals surface area contributed by atoms with E-state index in [-0.39, 0.29) is 11.8 Å². The molecule has 0 aliphatic carbocycles. The molecule has 2 aromatic heterocycles. The minimum Gasteiger partial charge on any atom is -0.368 e. The zero-order valence-corrected chi connectivity index (χ0v) is 22.0. The summed E-state index contributed by atoms with van der Waals surface area (Å²) in [6.45, 7) is 6.64. The molecule has 0 radical (unpaired) electrons. The van der Waals surface area contributed by atoms with Gasteiger partial charge in [-0.05, 0) is 80.9 Å². The van der Waals surface area contributed by atoms with Gasteiger partial charge in [0.15, 0.2) is 0 Å². The molecule has 2 amide bonds. The fourth-order valence-corrected chi connectivity index (χ4v) is 5.69. The predicted molar refractivity (Wildman–Crippen MR) is 148 cm³/mol. The number of amides is 2. The molecule has 0 spiro atoms. The first-order chi connectivity index (χ1) is 18.5. The van der Waals surface area contributed by atoms with Gasteiger partial charge in [0.25, 0.3) is 0 Å². The lowest BCUT2D eigenvalue weighted by Gasteiger charge is -2.38. The number of rotatable bonds is 8. The Balaban J connectivity index is 1.23. The van der Waals surface area contributed by atoms with E-state index >= 15 is 0 Å². The molecule has 2 aliphatic rings. The first kappa shape index (κ1) is 26.1. The first-order valence-electron chi connectivity index (χ1n) is 13.6. The average molecular weight is 519 g/mol. The molecular weight excluding hydrogens is 480 g/mol. The van der Waals surface area contributed by atoms with Gasteiger partial charge in [-0.25, -0.2) is 0 Å². The van der Waals surface area contributed by atoms with Crippen molar-refractivity contribution in [1.82, 2.24) is 30.7 Å². The van der Waals surface area contributed by atoms with E-state index in [0.717, 1.165) is 66.7 Å². The summed E-state index contributed by atoms with van der Waals surface area (Å²) in [5.74, 6) is 0.109. The molecule has 10 heteroatoms. The van der Waals surface area contributed by atoms with Gasteiger partial charge >= 0.3 is 0 Å². The van der Waals surface area contributed by atoms with Crippen molar-refractivity contribution in [2.24, 2.45) is 11.7 Å². The van der Waals surface area contributed by atoms with Gasteiger partial charge in [0.05, 0.1) is 17.8 Å². The number of nitrogens with zero attached hydrogens (tertiary/aromatic N) is 4. The van der Waals surface area contributed by atoms with Crippen molar-refractivity contribution in [1.29, 1.82) is 0 Å². The molecule has 4 heterocycles. The number of aromatic amines is 1. The molecule has 2 aliphatic heterocycles. The monoisotopic (exact) mass is 518 g/mol. The van der Waals surface area contributed by atoms with Crippen molar-refractivity contribution >= 4 is 28.4 Å². The summed E-state index contributed by atoms with van der Waals surface area (Å²) in [4.78, 5) is 35.2. The number of H-pyrrole nitrogens is 1. The molecule has 1 aromatic carbocycles. The molecule has 202 valence electrons. The normalized spacial score (nSPS) is 18.4. The second-order valence-corrected chi connectivity index (χ2v) is 10.6. The Kier molecular flexibility index (Phi) is 8.19. The number of carbonyl (C=O) groups is 2. The number of aromatic nitrogens is 3. The highest BCUT2D eigenvalue weighted by Gasteiger charge is 2.32. The van der Waals surface area contributed by atoms with Crippen molar-refractivity contribution in [3.05, 3.63) is 54.0 Å². The topological polar surface area (TPSA) is 132 Å². The van der Waals surface area contributed by atoms with Crippen LogP contribution in [0.4, 0.5) is 5.69 Å². The molecule has 0 saturated carbocycles. The maximum Gasteiger partial charge on any atom is 0.245 e. The van der Waals surface area contributed by atoms with Crippen molar-refractivity contribution < 1.29 is 9.59 Å². The van der Waals surface area contributed by atoms with Crippen LogP contribution < -0.4 is 21.3 Å². The van der Waals surface area contributed by atoms with Crippen LogP contribution in [0.15, 0.2) is 42.9 Å². The molecule has 5 N–H and O–H groups in total. The number of piperazine rings is 1. The number of anilines is 1. The van der Waals surface area contributed by atoms with E-state index in [4.69, 9.17) is 5.73 Å². The molecule has 2 saturated heterocycles. The number of pyridine rings is 1. The van der Waals surface area contributed by atoms with Crippen molar-refractivity contribution in [3.8, 4) is 0 Å². The van der Waals surface area contributed by atoms with E-state index in [2.05, 4.69) is 30.7 Å². The number of hydrogen-bond donors (Lipinski definition) is 4. The van der Waals surface area contributed by atoms with E-state index in [1.54, 1.807) is 18.6 Å². The van der Waals surface area contributed by atoms with Crippen LogP contribution in [0, 0.1) is 12.8 Å². The Morgan fingerprint density at radius 2 is 1.87 bits per heavy atom. The van der Waals surface area contributed by atoms with E-state index in [0.29, 0.717) is 31.8 Å². The van der Waals surface area contributed by atoms with Crippen molar-refractivity contribution in [2.75, 3.05) is 44.2 Å². The van der Waals surface area contributed by atoms with E-state index < -0.39 is 12.1 Å². The summed E-state index contributed by atoms with van der Waals surface area (Å²) in [7, 11) is 0. The third-order valence-electron chi connectivity index (χ3n) is 7.86. The Hall–Kier alpha value is -3.50. The average Bonchev–Trinajstić information content (AvgIpc) is 3.43. The highest BCUT2D eigenvalue weighted by atomic mass is 16.2. The molecule has 3 aromatic rings. The number of nitrogens with one attached hydrogen (secondary N) is 3. The van der Waals surface area contributed by atoms with Crippen molar-refractivity contribution in [3.63, 3.8) is 0 Å². The maximum atomic E-state index is 13.7. The number of hydrogen-bond acceptors (Lipinski definition) is 7. The molecular formula is C28H38N8O2. The lowest BCUT2D eigenvalue weighted by atomic mass is 9.90. The summed E-state index contributed by atoms with van der Waals surface area (Å²) in [6, 6.07) is 6.72. The minimum absolute atomic E-state index is 0.00544. The fourth-order valence-electron chi connectivity index (χ4n) is 5.69. The Morgan fingerprint density at radius 3 is 2.61 bits per heavy atom. The lowest BCUT2D eigenvalue weighted by molar-refractivity contribution is -0.137. The van der Waals surface area contributed by atoms with Crippen LogP contribution >= 0.6 is 0 Å². The van der Waals surface area contributed by atoms with Crippen LogP contribution in [0.25, 0.3) is 10.9 Å². The number of fused-ring (bicyclic) bond motifs is 1. The second-order valence-electron chi connectivity index (χ2n) is 10.6. The third-order valence-corrected chi connectivity index (χ3v) is 7.86. The zero-order chi connectivity index (χ0) is 26.5. The Labute approximate surface area is 223 Å². The zero-order valence-electron chi connectivity index (χ0n) is 22.0. The maximum absolute atomic E-state index is 13.7.